The summed E-state index contributed by atoms with van der Waals surface area (Å²) in [5.41, 5.74) is 3.28. The van der Waals surface area contributed by atoms with E-state index in [-0.39, 0.29) is 16.9 Å². The van der Waals surface area contributed by atoms with Gasteiger partial charge in [-0.15, -0.1) is 0 Å². The van der Waals surface area contributed by atoms with Gasteiger partial charge in [0.15, 0.2) is 15.5 Å². The van der Waals surface area contributed by atoms with Crippen LogP contribution in [0.15, 0.2) is 53.8 Å². The number of aromatic nitrogens is 5. The molecule has 12 heteroatoms. The summed E-state index contributed by atoms with van der Waals surface area (Å²) in [7, 11) is -3.30. The van der Waals surface area contributed by atoms with Crippen molar-refractivity contribution in [3.05, 3.63) is 54.6 Å². The number of aromatic amines is 1. The Hall–Kier alpha value is -3.93. The van der Waals surface area contributed by atoms with E-state index in [9.17, 15) is 13.2 Å². The fraction of sp³-hybridized carbons (Fsp3) is 0.385. The van der Waals surface area contributed by atoms with Crippen molar-refractivity contribution < 1.29 is 17.9 Å². The molecule has 11 nitrogen and oxygen atoms in total. The molecule has 0 saturated carbocycles. The van der Waals surface area contributed by atoms with Crippen LogP contribution < -0.4 is 5.32 Å². The van der Waals surface area contributed by atoms with Gasteiger partial charge in [-0.2, -0.15) is 14.7 Å². The zero-order valence-electron chi connectivity index (χ0n) is 21.8. The average Bonchev–Trinajstić information content (AvgIpc) is 3.53. The SMILES string of the molecule is CC(C)(C)OC(=O)N1CCCC(c2cc(Nc3ccc(S(C)(=O)=O)cc3)n3ncc(-c4cn[nH]c4)c3n2)C1. The van der Waals surface area contributed by atoms with Crippen molar-refractivity contribution in [2.45, 2.75) is 50.0 Å². The molecule has 1 atom stereocenters. The molecule has 1 amide bonds. The van der Waals surface area contributed by atoms with Crippen molar-refractivity contribution in [1.82, 2.24) is 29.7 Å². The number of sulfone groups is 1. The molecule has 0 spiro atoms. The molecular formula is C26H31N7O4S. The maximum atomic E-state index is 12.8. The van der Waals surface area contributed by atoms with Gasteiger partial charge in [0.05, 0.1) is 23.0 Å². The molecule has 0 bridgehead atoms. The van der Waals surface area contributed by atoms with Gasteiger partial charge >= 0.3 is 6.09 Å². The number of nitrogens with one attached hydrogen (secondary N) is 2. The van der Waals surface area contributed by atoms with Gasteiger partial charge < -0.3 is 15.0 Å². The molecule has 38 heavy (non-hydrogen) atoms. The molecule has 1 fully saturated rings. The number of hydrogen-bond acceptors (Lipinski definition) is 8. The summed E-state index contributed by atoms with van der Waals surface area (Å²) in [6, 6.07) is 8.50. The maximum absolute atomic E-state index is 12.8. The minimum atomic E-state index is -3.30. The molecule has 3 aromatic heterocycles. The monoisotopic (exact) mass is 537 g/mol. The topological polar surface area (TPSA) is 135 Å². The zero-order valence-corrected chi connectivity index (χ0v) is 22.6. The number of carbonyl (C=O) groups excluding carboxylic acids is 1. The Bertz CT molecular complexity index is 1560. The van der Waals surface area contributed by atoms with Crippen LogP contribution in [0.25, 0.3) is 16.8 Å². The minimum absolute atomic E-state index is 0.00142. The first-order valence-electron chi connectivity index (χ1n) is 12.4. The third-order valence-electron chi connectivity index (χ3n) is 6.35. The Morgan fingerprint density at radius 1 is 1.18 bits per heavy atom. The average molecular weight is 538 g/mol. The predicted octanol–water partition coefficient (Wildman–Crippen LogP) is 4.38. The fourth-order valence-corrected chi connectivity index (χ4v) is 5.16. The van der Waals surface area contributed by atoms with Crippen LogP contribution in [0.5, 0.6) is 0 Å². The number of piperidine rings is 1. The summed E-state index contributed by atoms with van der Waals surface area (Å²) in [5, 5.41) is 14.8. The smallest absolute Gasteiger partial charge is 0.410 e. The second kappa shape index (κ2) is 9.75. The third-order valence-corrected chi connectivity index (χ3v) is 7.48. The highest BCUT2D eigenvalue weighted by Gasteiger charge is 2.30. The summed E-state index contributed by atoms with van der Waals surface area (Å²) < 4.78 is 31.1. The lowest BCUT2D eigenvalue weighted by Gasteiger charge is -2.34. The van der Waals surface area contributed by atoms with E-state index < -0.39 is 15.4 Å². The number of benzene rings is 1. The molecule has 2 N–H and O–H groups in total. The van der Waals surface area contributed by atoms with Crippen molar-refractivity contribution in [3.63, 3.8) is 0 Å². The Morgan fingerprint density at radius 2 is 1.95 bits per heavy atom. The second-order valence-corrected chi connectivity index (χ2v) is 12.5. The van der Waals surface area contributed by atoms with Gasteiger partial charge in [-0.05, 0) is 57.9 Å². The molecule has 1 aliphatic rings. The fourth-order valence-electron chi connectivity index (χ4n) is 4.53. The van der Waals surface area contributed by atoms with Gasteiger partial charge in [0.25, 0.3) is 0 Å². The highest BCUT2D eigenvalue weighted by molar-refractivity contribution is 7.90. The number of hydrogen-bond donors (Lipinski definition) is 2. The van der Waals surface area contributed by atoms with E-state index in [4.69, 9.17) is 9.72 Å². The lowest BCUT2D eigenvalue weighted by Crippen LogP contribution is -2.42. The third kappa shape index (κ3) is 5.49. The molecule has 4 heterocycles. The normalized spacial score (nSPS) is 16.5. The van der Waals surface area contributed by atoms with Gasteiger partial charge in [0, 0.05) is 54.3 Å². The zero-order chi connectivity index (χ0) is 27.1. The van der Waals surface area contributed by atoms with Crippen LogP contribution in [0.4, 0.5) is 16.3 Å². The van der Waals surface area contributed by atoms with Crippen molar-refractivity contribution in [2.75, 3.05) is 24.7 Å². The highest BCUT2D eigenvalue weighted by Crippen LogP contribution is 2.32. The summed E-state index contributed by atoms with van der Waals surface area (Å²) in [6.07, 6.45) is 7.81. The Kier molecular flexibility index (Phi) is 6.59. The van der Waals surface area contributed by atoms with E-state index in [2.05, 4.69) is 20.6 Å². The van der Waals surface area contributed by atoms with Crippen molar-refractivity contribution in [3.8, 4) is 11.1 Å². The number of fused-ring (bicyclic) bond motifs is 1. The van der Waals surface area contributed by atoms with Crippen LogP contribution in [0, 0.1) is 0 Å². The number of likely N-dealkylation sites (tertiary alicyclic amines) is 1. The van der Waals surface area contributed by atoms with Gasteiger partial charge in [0.1, 0.15) is 11.4 Å². The predicted molar refractivity (Wildman–Crippen MR) is 143 cm³/mol. The molecular weight excluding hydrogens is 506 g/mol. The molecule has 1 unspecified atom stereocenters. The maximum Gasteiger partial charge on any atom is 0.410 e. The Labute approximate surface area is 221 Å². The molecule has 1 aliphatic heterocycles. The van der Waals surface area contributed by atoms with Crippen molar-refractivity contribution >= 4 is 33.1 Å². The quantitative estimate of drug-likeness (QED) is 0.383. The summed E-state index contributed by atoms with van der Waals surface area (Å²) in [6.45, 7) is 6.71. The molecule has 1 saturated heterocycles. The first-order chi connectivity index (χ1) is 18.0. The number of anilines is 2. The molecule has 5 rings (SSSR count). The molecule has 4 aromatic rings. The number of rotatable bonds is 5. The summed E-state index contributed by atoms with van der Waals surface area (Å²) in [5.74, 6) is 0.669. The number of amides is 1. The van der Waals surface area contributed by atoms with Crippen molar-refractivity contribution in [1.29, 1.82) is 0 Å². The number of nitrogens with zero attached hydrogens (tertiary/aromatic N) is 5. The largest absolute Gasteiger partial charge is 0.444 e. The van der Waals surface area contributed by atoms with E-state index in [0.717, 1.165) is 29.7 Å². The number of ether oxygens (including phenoxy) is 1. The van der Waals surface area contributed by atoms with Gasteiger partial charge in [0.2, 0.25) is 0 Å². The Morgan fingerprint density at radius 3 is 2.61 bits per heavy atom. The van der Waals surface area contributed by atoms with Gasteiger partial charge in [-0.1, -0.05) is 0 Å². The lowest BCUT2D eigenvalue weighted by atomic mass is 9.94. The van der Waals surface area contributed by atoms with E-state index >= 15 is 0 Å². The standard InChI is InChI=1S/C26H31N7O4S/c1-26(2,3)37-25(34)32-11-5-6-17(16-32)22-12-23(30-19-7-9-20(10-8-19)38(4,35)36)33-24(31-22)21(15-29-33)18-13-27-28-14-18/h7-10,12-15,17,30H,5-6,11,16H2,1-4H3,(H,27,28). The van der Waals surface area contributed by atoms with E-state index in [1.807, 2.05) is 26.8 Å². The van der Waals surface area contributed by atoms with Gasteiger partial charge in [-0.25, -0.2) is 18.2 Å². The highest BCUT2D eigenvalue weighted by atomic mass is 32.2. The first kappa shape index (κ1) is 25.7. The summed E-state index contributed by atoms with van der Waals surface area (Å²) >= 11 is 0. The van der Waals surface area contributed by atoms with Crippen LogP contribution in [0.2, 0.25) is 0 Å². The summed E-state index contributed by atoms with van der Waals surface area (Å²) in [4.78, 5) is 19.8. The van der Waals surface area contributed by atoms with Crippen LogP contribution in [-0.4, -0.2) is 69.2 Å². The van der Waals surface area contributed by atoms with Crippen LogP contribution in [0.3, 0.4) is 0 Å². The van der Waals surface area contributed by atoms with Crippen LogP contribution >= 0.6 is 0 Å². The van der Waals surface area contributed by atoms with E-state index in [1.165, 1.54) is 6.26 Å². The van der Waals surface area contributed by atoms with Gasteiger partial charge in [-0.3, -0.25) is 5.10 Å². The van der Waals surface area contributed by atoms with Crippen molar-refractivity contribution in [2.24, 2.45) is 0 Å². The molecule has 1 aromatic carbocycles. The molecule has 0 aliphatic carbocycles. The molecule has 0 radical (unpaired) electrons. The van der Waals surface area contributed by atoms with E-state index in [1.54, 1.807) is 52.3 Å². The minimum Gasteiger partial charge on any atom is -0.444 e. The van der Waals surface area contributed by atoms with Crippen LogP contribution in [0.1, 0.15) is 45.2 Å². The second-order valence-electron chi connectivity index (χ2n) is 10.5. The van der Waals surface area contributed by atoms with E-state index in [0.29, 0.717) is 30.2 Å². The Balaban J connectivity index is 1.52. The number of carbonyl (C=O) groups is 1. The number of H-pyrrole nitrogens is 1. The lowest BCUT2D eigenvalue weighted by molar-refractivity contribution is 0.0197. The molecule has 200 valence electrons. The van der Waals surface area contributed by atoms with Crippen LogP contribution in [-0.2, 0) is 14.6 Å². The first-order valence-corrected chi connectivity index (χ1v) is 14.3.